The molecule has 4 amide bonds. The molecule has 0 N–H and O–H groups in total. The van der Waals surface area contributed by atoms with Crippen LogP contribution in [0.3, 0.4) is 0 Å². The molecule has 0 unspecified atom stereocenters. The Labute approximate surface area is 94.4 Å². The highest BCUT2D eigenvalue weighted by molar-refractivity contribution is 5.78. The minimum atomic E-state index is 0.135. The molecule has 3 rings (SSSR count). The maximum atomic E-state index is 11.9. The molecule has 6 heteroatoms. The summed E-state index contributed by atoms with van der Waals surface area (Å²) in [5.74, 6) is 0. The van der Waals surface area contributed by atoms with Crippen molar-refractivity contribution in [3.05, 3.63) is 0 Å². The number of amides is 4. The molecule has 0 saturated carbocycles. The van der Waals surface area contributed by atoms with Crippen LogP contribution in [0.1, 0.15) is 0 Å². The first-order chi connectivity index (χ1) is 7.75. The first kappa shape index (κ1) is 9.74. The second-order valence-electron chi connectivity index (χ2n) is 4.51. The van der Waals surface area contributed by atoms with Gasteiger partial charge >= 0.3 is 12.1 Å². The molecule has 0 radical (unpaired) electrons. The van der Waals surface area contributed by atoms with Crippen LogP contribution in [0.15, 0.2) is 0 Å². The quantitative estimate of drug-likeness (QED) is 0.555. The van der Waals surface area contributed by atoms with Gasteiger partial charge in [-0.1, -0.05) is 0 Å². The summed E-state index contributed by atoms with van der Waals surface area (Å²) in [6.07, 6.45) is 0. The molecule has 88 valence electrons. The van der Waals surface area contributed by atoms with Crippen molar-refractivity contribution in [2.45, 2.75) is 0 Å². The van der Waals surface area contributed by atoms with E-state index in [1.165, 1.54) is 0 Å². The lowest BCUT2D eigenvalue weighted by atomic mass is 10.4. The van der Waals surface area contributed by atoms with Crippen molar-refractivity contribution < 1.29 is 9.59 Å². The lowest BCUT2D eigenvalue weighted by Crippen LogP contribution is -2.44. The van der Waals surface area contributed by atoms with Crippen LogP contribution in [0.25, 0.3) is 0 Å². The molecule has 0 spiro atoms. The van der Waals surface area contributed by atoms with Crippen LogP contribution in [0.5, 0.6) is 0 Å². The number of hydrogen-bond acceptors (Lipinski definition) is 2. The Morgan fingerprint density at radius 2 is 0.688 bits per heavy atom. The number of carbonyl (C=O) groups excluding carboxylic acids is 2. The molecule has 3 heterocycles. The molecular formula is C10H16N4O2. The van der Waals surface area contributed by atoms with Crippen LogP contribution < -0.4 is 0 Å². The monoisotopic (exact) mass is 224 g/mol. The highest BCUT2D eigenvalue weighted by atomic mass is 16.2. The lowest BCUT2D eigenvalue weighted by Gasteiger charge is -2.25. The first-order valence-corrected chi connectivity index (χ1v) is 5.83. The van der Waals surface area contributed by atoms with Crippen LogP contribution in [-0.4, -0.2) is 84.0 Å². The summed E-state index contributed by atoms with van der Waals surface area (Å²) in [4.78, 5) is 31.1. The largest absolute Gasteiger partial charge is 0.321 e. The number of urea groups is 2. The fraction of sp³-hybridized carbons (Fsp3) is 0.800. The Morgan fingerprint density at radius 1 is 0.500 bits per heavy atom. The van der Waals surface area contributed by atoms with Gasteiger partial charge in [-0.05, 0) is 0 Å². The van der Waals surface area contributed by atoms with Gasteiger partial charge in [0.2, 0.25) is 0 Å². The fourth-order valence-corrected chi connectivity index (χ4v) is 2.58. The SMILES string of the molecule is O=C1N2CCN1CCN1CCN(CC2)C1=O. The fourth-order valence-electron chi connectivity index (χ4n) is 2.58. The van der Waals surface area contributed by atoms with Crippen LogP contribution in [0.2, 0.25) is 0 Å². The van der Waals surface area contributed by atoms with Crippen molar-refractivity contribution >= 4 is 12.1 Å². The van der Waals surface area contributed by atoms with E-state index in [4.69, 9.17) is 0 Å². The van der Waals surface area contributed by atoms with Gasteiger partial charge in [-0.25, -0.2) is 9.59 Å². The topological polar surface area (TPSA) is 47.1 Å². The predicted octanol–water partition coefficient (Wildman–Crippen LogP) is -0.525. The number of hydrogen-bond donors (Lipinski definition) is 0. The maximum absolute atomic E-state index is 11.9. The van der Waals surface area contributed by atoms with Crippen molar-refractivity contribution in [2.24, 2.45) is 0 Å². The third-order valence-corrected chi connectivity index (χ3v) is 3.64. The molecular weight excluding hydrogens is 208 g/mol. The Balaban J connectivity index is 1.78. The zero-order valence-corrected chi connectivity index (χ0v) is 9.26. The minimum Gasteiger partial charge on any atom is -0.321 e. The maximum Gasteiger partial charge on any atom is 0.320 e. The normalized spacial score (nSPS) is 25.8. The van der Waals surface area contributed by atoms with Crippen LogP contribution >= 0.6 is 0 Å². The Bertz CT molecular complexity index is 273. The van der Waals surface area contributed by atoms with Crippen LogP contribution in [0.4, 0.5) is 9.59 Å². The molecule has 4 bridgehead atoms. The summed E-state index contributed by atoms with van der Waals surface area (Å²) >= 11 is 0. The van der Waals surface area contributed by atoms with Gasteiger partial charge in [-0.15, -0.1) is 0 Å². The van der Waals surface area contributed by atoms with Gasteiger partial charge in [-0.3, -0.25) is 0 Å². The van der Waals surface area contributed by atoms with Crippen LogP contribution in [-0.2, 0) is 0 Å². The Kier molecular flexibility index (Phi) is 2.15. The summed E-state index contributed by atoms with van der Waals surface area (Å²) in [5, 5.41) is 0. The summed E-state index contributed by atoms with van der Waals surface area (Å²) in [7, 11) is 0. The molecule has 0 aromatic rings. The van der Waals surface area contributed by atoms with Crippen molar-refractivity contribution in [3.8, 4) is 0 Å². The molecule has 3 aliphatic heterocycles. The molecule has 0 aromatic carbocycles. The van der Waals surface area contributed by atoms with Gasteiger partial charge in [0, 0.05) is 52.4 Å². The molecule has 0 atom stereocenters. The minimum absolute atomic E-state index is 0.135. The number of fused-ring (bicyclic) bond motifs is 4. The summed E-state index contributed by atoms with van der Waals surface area (Å²) < 4.78 is 0. The molecule has 0 aliphatic carbocycles. The second kappa shape index (κ2) is 3.54. The Morgan fingerprint density at radius 3 is 0.875 bits per heavy atom. The van der Waals surface area contributed by atoms with Crippen molar-refractivity contribution in [3.63, 3.8) is 0 Å². The molecule has 16 heavy (non-hydrogen) atoms. The van der Waals surface area contributed by atoms with Gasteiger partial charge in [0.15, 0.2) is 0 Å². The van der Waals surface area contributed by atoms with Gasteiger partial charge in [0.1, 0.15) is 0 Å². The van der Waals surface area contributed by atoms with Crippen molar-refractivity contribution in [2.75, 3.05) is 52.4 Å². The van der Waals surface area contributed by atoms with E-state index in [9.17, 15) is 9.59 Å². The van der Waals surface area contributed by atoms with Gasteiger partial charge in [0.25, 0.3) is 0 Å². The van der Waals surface area contributed by atoms with E-state index in [-0.39, 0.29) is 12.1 Å². The zero-order valence-electron chi connectivity index (χ0n) is 9.26. The number of carbonyl (C=O) groups is 2. The highest BCUT2D eigenvalue weighted by Gasteiger charge is 2.34. The summed E-state index contributed by atoms with van der Waals surface area (Å²) in [5.41, 5.74) is 0. The highest BCUT2D eigenvalue weighted by Crippen LogP contribution is 2.14. The van der Waals surface area contributed by atoms with E-state index < -0.39 is 0 Å². The van der Waals surface area contributed by atoms with Crippen molar-refractivity contribution in [1.82, 2.24) is 19.6 Å². The van der Waals surface area contributed by atoms with Crippen LogP contribution in [0, 0.1) is 0 Å². The van der Waals surface area contributed by atoms with E-state index in [2.05, 4.69) is 0 Å². The predicted molar refractivity (Wildman–Crippen MR) is 57.1 cm³/mol. The second-order valence-corrected chi connectivity index (χ2v) is 4.51. The smallest absolute Gasteiger partial charge is 0.320 e. The van der Waals surface area contributed by atoms with E-state index in [1.807, 2.05) is 19.6 Å². The number of nitrogens with zero attached hydrogens (tertiary/aromatic N) is 4. The van der Waals surface area contributed by atoms with Gasteiger partial charge < -0.3 is 19.6 Å². The average molecular weight is 224 g/mol. The van der Waals surface area contributed by atoms with Gasteiger partial charge in [-0.2, -0.15) is 0 Å². The van der Waals surface area contributed by atoms with E-state index >= 15 is 0 Å². The third kappa shape index (κ3) is 1.40. The average Bonchev–Trinajstić information content (AvgIpc) is 2.75. The zero-order chi connectivity index (χ0) is 11.1. The van der Waals surface area contributed by atoms with E-state index in [0.29, 0.717) is 26.2 Å². The molecule has 3 aliphatic rings. The van der Waals surface area contributed by atoms with Gasteiger partial charge in [0.05, 0.1) is 0 Å². The summed E-state index contributed by atoms with van der Waals surface area (Å²) in [6.45, 7) is 5.93. The summed E-state index contributed by atoms with van der Waals surface area (Å²) in [6, 6.07) is 0.271. The van der Waals surface area contributed by atoms with E-state index in [0.717, 1.165) is 26.2 Å². The number of rotatable bonds is 0. The lowest BCUT2D eigenvalue weighted by molar-refractivity contribution is 0.165. The molecule has 3 fully saturated rings. The molecule has 0 aromatic heterocycles. The molecule has 6 nitrogen and oxygen atoms in total. The van der Waals surface area contributed by atoms with E-state index in [1.54, 1.807) is 0 Å². The molecule has 3 saturated heterocycles. The Hall–Kier alpha value is -1.46. The third-order valence-electron chi connectivity index (χ3n) is 3.64. The first-order valence-electron chi connectivity index (χ1n) is 5.83. The van der Waals surface area contributed by atoms with Crippen molar-refractivity contribution in [1.29, 1.82) is 0 Å². The standard InChI is InChI=1S/C10H16N4O2/c15-9-11-1-2-12(9)7-8-14-4-3-13(6-5-11)10(14)16/h1-8H2.